The second-order valence-corrected chi connectivity index (χ2v) is 8.68. The summed E-state index contributed by atoms with van der Waals surface area (Å²) in [6.45, 7) is 3.37. The first-order chi connectivity index (χ1) is 14.6. The van der Waals surface area contributed by atoms with Gasteiger partial charge in [0.1, 0.15) is 10.6 Å². The van der Waals surface area contributed by atoms with Gasteiger partial charge in [0.15, 0.2) is 0 Å². The van der Waals surface area contributed by atoms with Crippen LogP contribution in [0.4, 0.5) is 16.4 Å². The lowest BCUT2D eigenvalue weighted by Gasteiger charge is -2.21. The van der Waals surface area contributed by atoms with Crippen molar-refractivity contribution in [2.75, 3.05) is 5.32 Å². The smallest absolute Gasteiger partial charge is 0.279 e. The Morgan fingerprint density at radius 2 is 1.84 bits per heavy atom. The van der Waals surface area contributed by atoms with Gasteiger partial charge in [0.2, 0.25) is 0 Å². The van der Waals surface area contributed by atoms with Crippen molar-refractivity contribution in [3.8, 4) is 0 Å². The van der Waals surface area contributed by atoms with Gasteiger partial charge in [-0.25, -0.2) is 0 Å². The summed E-state index contributed by atoms with van der Waals surface area (Å²) < 4.78 is 0. The first kappa shape index (κ1) is 22.3. The quantitative estimate of drug-likeness (QED) is 0.480. The molecule has 1 heterocycles. The van der Waals surface area contributed by atoms with Crippen LogP contribution in [0.3, 0.4) is 0 Å². The first-order valence-electron chi connectivity index (χ1n) is 9.83. The van der Waals surface area contributed by atoms with Crippen LogP contribution < -0.4 is 11.1 Å². The normalized spacial score (nSPS) is 15.2. The largest absolute Gasteiger partial charge is 0.365 e. The molecule has 164 valence electrons. The molecular weight excluding hydrogens is 424 g/mol. The molecule has 2 amide bonds. The third kappa shape index (κ3) is 4.41. The van der Waals surface area contributed by atoms with Crippen LogP contribution in [0.25, 0.3) is 0 Å². The maximum absolute atomic E-state index is 12.8. The number of benzene rings is 1. The minimum atomic E-state index is -0.780. The summed E-state index contributed by atoms with van der Waals surface area (Å²) >= 11 is 1.27. The van der Waals surface area contributed by atoms with Gasteiger partial charge in [-0.15, -0.1) is 11.3 Å². The van der Waals surface area contributed by atoms with E-state index in [9.17, 15) is 29.8 Å². The Bertz CT molecular complexity index is 1060. The molecule has 1 aromatic carbocycles. The van der Waals surface area contributed by atoms with Gasteiger partial charge in [0.05, 0.1) is 21.0 Å². The summed E-state index contributed by atoms with van der Waals surface area (Å²) in [4.78, 5) is 47.0. The molecule has 0 fully saturated rings. The van der Waals surface area contributed by atoms with Gasteiger partial charge in [-0.1, -0.05) is 19.8 Å². The number of primary amides is 1. The van der Waals surface area contributed by atoms with Crippen LogP contribution in [-0.2, 0) is 12.8 Å². The molecule has 10 nitrogen and oxygen atoms in total. The molecule has 3 rings (SSSR count). The zero-order chi connectivity index (χ0) is 22.9. The Morgan fingerprint density at radius 3 is 2.35 bits per heavy atom. The number of nitrogens with two attached hydrogens (primary N) is 1. The number of amides is 2. The van der Waals surface area contributed by atoms with Crippen molar-refractivity contribution in [3.63, 3.8) is 0 Å². The number of carbonyl (C=O) groups is 2. The fourth-order valence-corrected chi connectivity index (χ4v) is 5.39. The summed E-state index contributed by atoms with van der Waals surface area (Å²) in [5, 5.41) is 25.4. The lowest BCUT2D eigenvalue weighted by molar-refractivity contribution is -0.395. The number of hydrogen-bond donors (Lipinski definition) is 2. The highest BCUT2D eigenvalue weighted by atomic mass is 32.1. The van der Waals surface area contributed by atoms with Gasteiger partial charge >= 0.3 is 0 Å². The van der Waals surface area contributed by atoms with Crippen LogP contribution in [0.5, 0.6) is 0 Å². The molecule has 1 aromatic heterocycles. The number of nitro groups is 2. The minimum Gasteiger partial charge on any atom is -0.365 e. The number of nitrogens with zero attached hydrogens (tertiary/aromatic N) is 2. The summed E-state index contributed by atoms with van der Waals surface area (Å²) in [6.07, 6.45) is 4.55. The average Bonchev–Trinajstić information content (AvgIpc) is 3.05. The summed E-state index contributed by atoms with van der Waals surface area (Å²) in [7, 11) is 0. The van der Waals surface area contributed by atoms with Crippen LogP contribution in [-0.4, -0.2) is 21.7 Å². The van der Waals surface area contributed by atoms with E-state index in [-0.39, 0.29) is 21.7 Å². The van der Waals surface area contributed by atoms with Crippen LogP contribution in [0.15, 0.2) is 12.1 Å². The molecule has 1 aliphatic carbocycles. The van der Waals surface area contributed by atoms with Gasteiger partial charge in [-0.2, -0.15) is 0 Å². The molecular formula is C20H22N4O6S. The average molecular weight is 446 g/mol. The Labute approximate surface area is 181 Å². The number of carbonyl (C=O) groups excluding carboxylic acids is 2. The maximum atomic E-state index is 12.8. The monoisotopic (exact) mass is 446 g/mol. The summed E-state index contributed by atoms with van der Waals surface area (Å²) in [5.74, 6) is -0.942. The molecule has 0 bridgehead atoms. The highest BCUT2D eigenvalue weighted by Crippen LogP contribution is 2.41. The highest BCUT2D eigenvalue weighted by Gasteiger charge is 2.30. The van der Waals surface area contributed by atoms with E-state index in [1.807, 2.05) is 0 Å². The summed E-state index contributed by atoms with van der Waals surface area (Å²) in [6, 6.07) is 1.98. The molecule has 11 heteroatoms. The van der Waals surface area contributed by atoms with Crippen molar-refractivity contribution in [1.29, 1.82) is 0 Å². The highest BCUT2D eigenvalue weighted by molar-refractivity contribution is 7.17. The first-order valence-corrected chi connectivity index (χ1v) is 10.6. The van der Waals surface area contributed by atoms with Crippen LogP contribution in [0.2, 0.25) is 0 Å². The second kappa shape index (κ2) is 8.80. The van der Waals surface area contributed by atoms with E-state index in [0.717, 1.165) is 48.3 Å². The number of fused-ring (bicyclic) bond motifs is 1. The zero-order valence-electron chi connectivity index (χ0n) is 17.1. The van der Waals surface area contributed by atoms with Crippen LogP contribution >= 0.6 is 11.3 Å². The number of hydrogen-bond acceptors (Lipinski definition) is 7. The lowest BCUT2D eigenvalue weighted by Crippen LogP contribution is -2.20. The molecule has 1 unspecified atom stereocenters. The van der Waals surface area contributed by atoms with Gasteiger partial charge in [-0.05, 0) is 37.7 Å². The van der Waals surface area contributed by atoms with Gasteiger partial charge in [-0.3, -0.25) is 29.8 Å². The zero-order valence-corrected chi connectivity index (χ0v) is 17.9. The molecule has 0 aliphatic heterocycles. The number of nitro benzene ring substituents is 2. The Kier molecular flexibility index (Phi) is 6.34. The van der Waals surface area contributed by atoms with Crippen molar-refractivity contribution in [3.05, 3.63) is 59.5 Å². The fraction of sp³-hybridized carbons (Fsp3) is 0.400. The molecule has 0 spiro atoms. The molecule has 0 saturated carbocycles. The topological polar surface area (TPSA) is 158 Å². The van der Waals surface area contributed by atoms with Crippen LogP contribution in [0.1, 0.15) is 62.9 Å². The van der Waals surface area contributed by atoms with E-state index < -0.39 is 33.0 Å². The van der Waals surface area contributed by atoms with Crippen molar-refractivity contribution >= 4 is 39.5 Å². The predicted molar refractivity (Wildman–Crippen MR) is 116 cm³/mol. The molecule has 0 radical (unpaired) electrons. The maximum Gasteiger partial charge on any atom is 0.279 e. The molecule has 2 aromatic rings. The van der Waals surface area contributed by atoms with E-state index >= 15 is 0 Å². The molecule has 1 aliphatic rings. The lowest BCUT2D eigenvalue weighted by atomic mass is 9.84. The van der Waals surface area contributed by atoms with Crippen molar-refractivity contribution < 1.29 is 19.4 Å². The number of thiophene rings is 1. The minimum absolute atomic E-state index is 0.141. The Morgan fingerprint density at radius 1 is 1.23 bits per heavy atom. The fourth-order valence-electron chi connectivity index (χ4n) is 4.03. The van der Waals surface area contributed by atoms with Crippen molar-refractivity contribution in [2.45, 2.75) is 46.0 Å². The van der Waals surface area contributed by atoms with E-state index in [2.05, 4.69) is 12.2 Å². The van der Waals surface area contributed by atoms with E-state index in [1.165, 1.54) is 18.3 Å². The predicted octanol–water partition coefficient (Wildman–Crippen LogP) is 4.13. The molecule has 31 heavy (non-hydrogen) atoms. The summed E-state index contributed by atoms with van der Waals surface area (Å²) in [5.41, 5.74) is 5.23. The molecule has 0 saturated heterocycles. The van der Waals surface area contributed by atoms with Gasteiger partial charge in [0.25, 0.3) is 23.2 Å². The van der Waals surface area contributed by atoms with Crippen molar-refractivity contribution in [2.24, 2.45) is 11.7 Å². The van der Waals surface area contributed by atoms with E-state index in [0.29, 0.717) is 12.3 Å². The number of nitrogens with one attached hydrogen (secondary N) is 1. The van der Waals surface area contributed by atoms with E-state index in [4.69, 9.17) is 5.73 Å². The Balaban J connectivity index is 1.98. The van der Waals surface area contributed by atoms with Crippen LogP contribution in [0, 0.1) is 33.1 Å². The second-order valence-electron chi connectivity index (χ2n) is 7.58. The number of rotatable bonds is 7. The van der Waals surface area contributed by atoms with Gasteiger partial charge in [0, 0.05) is 17.0 Å². The third-order valence-corrected chi connectivity index (χ3v) is 6.72. The van der Waals surface area contributed by atoms with Crippen molar-refractivity contribution in [1.82, 2.24) is 0 Å². The third-order valence-electron chi connectivity index (χ3n) is 5.55. The van der Waals surface area contributed by atoms with E-state index in [1.54, 1.807) is 0 Å². The molecule has 3 N–H and O–H groups in total. The van der Waals surface area contributed by atoms with Gasteiger partial charge < -0.3 is 11.1 Å². The Hall–Kier alpha value is -3.34. The number of anilines is 1. The molecule has 1 atom stereocenters. The SMILES string of the molecule is CCCC1CCc2c(sc(NC(=O)c3cc([N+](=O)[O-])c(C)c([N+](=O)[O-])c3)c2C(N)=O)C1. The standard InChI is InChI=1S/C20H22N4O6S/c1-3-4-11-5-6-13-16(7-11)31-20(17(13)18(21)25)22-19(26)12-8-14(23(27)28)10(2)15(9-12)24(29)30/h8-9,11H,3-7H2,1-2H3,(H2,21,25)(H,22,26).